The molecule has 16 heavy (non-hydrogen) atoms. The highest BCUT2D eigenvalue weighted by atomic mass is 14.4. The molecule has 0 aliphatic heterocycles. The van der Waals surface area contributed by atoms with Gasteiger partial charge in [0.15, 0.2) is 0 Å². The third kappa shape index (κ3) is 4.47. The van der Waals surface area contributed by atoms with Crippen molar-refractivity contribution in [2.75, 3.05) is 0 Å². The Morgan fingerprint density at radius 3 is 2.31 bits per heavy atom. The van der Waals surface area contributed by atoms with E-state index in [4.69, 9.17) is 0 Å². The molecule has 0 aromatic rings. The van der Waals surface area contributed by atoms with Crippen molar-refractivity contribution >= 4 is 0 Å². The summed E-state index contributed by atoms with van der Waals surface area (Å²) in [5.41, 5.74) is 0. The molecule has 0 aromatic carbocycles. The average Bonchev–Trinajstić information content (AvgIpc) is 3.01. The minimum atomic E-state index is 0.863. The first-order valence-electron chi connectivity index (χ1n) is 7.56. The Bertz CT molecular complexity index is 182. The molecular formula is C16H32. The number of hydrogen-bond donors (Lipinski definition) is 0. The van der Waals surface area contributed by atoms with Gasteiger partial charge in [0.2, 0.25) is 0 Å². The lowest BCUT2D eigenvalue weighted by Gasteiger charge is -2.18. The molecule has 0 nitrogen and oxygen atoms in total. The second-order valence-electron chi connectivity index (χ2n) is 6.58. The summed E-state index contributed by atoms with van der Waals surface area (Å²) >= 11 is 0. The van der Waals surface area contributed by atoms with E-state index in [9.17, 15) is 0 Å². The lowest BCUT2D eigenvalue weighted by molar-refractivity contribution is 0.328. The van der Waals surface area contributed by atoms with Crippen molar-refractivity contribution < 1.29 is 0 Å². The van der Waals surface area contributed by atoms with Crippen LogP contribution in [0.15, 0.2) is 0 Å². The summed E-state index contributed by atoms with van der Waals surface area (Å²) in [5.74, 6) is 4.95. The zero-order valence-electron chi connectivity index (χ0n) is 12.1. The highest BCUT2D eigenvalue weighted by Crippen LogP contribution is 2.48. The van der Waals surface area contributed by atoms with Crippen LogP contribution in [0.5, 0.6) is 0 Å². The third-order valence-electron chi connectivity index (χ3n) is 4.85. The fraction of sp³-hybridized carbons (Fsp3) is 1.00. The Morgan fingerprint density at radius 2 is 1.75 bits per heavy atom. The minimum Gasteiger partial charge on any atom is -0.0654 e. The van der Waals surface area contributed by atoms with Gasteiger partial charge in [-0.2, -0.15) is 0 Å². The van der Waals surface area contributed by atoms with E-state index in [1.165, 1.54) is 38.5 Å². The fourth-order valence-corrected chi connectivity index (χ4v) is 2.84. The van der Waals surface area contributed by atoms with E-state index >= 15 is 0 Å². The molecule has 1 aliphatic rings. The second-order valence-corrected chi connectivity index (χ2v) is 6.58. The topological polar surface area (TPSA) is 0 Å². The lowest BCUT2D eigenvalue weighted by atomic mass is 9.88. The molecule has 0 N–H and O–H groups in total. The van der Waals surface area contributed by atoms with Crippen LogP contribution in [0.3, 0.4) is 0 Å². The quantitative estimate of drug-likeness (QED) is 0.509. The molecule has 0 saturated heterocycles. The Balaban J connectivity index is 2.10. The van der Waals surface area contributed by atoms with Crippen LogP contribution in [0.1, 0.15) is 73.1 Å². The van der Waals surface area contributed by atoms with Crippen molar-refractivity contribution in [3.8, 4) is 0 Å². The van der Waals surface area contributed by atoms with Crippen LogP contribution in [-0.2, 0) is 0 Å². The van der Waals surface area contributed by atoms with E-state index in [1.807, 2.05) is 0 Å². The first-order valence-corrected chi connectivity index (χ1v) is 7.56. The largest absolute Gasteiger partial charge is 0.0654 e. The van der Waals surface area contributed by atoms with Crippen LogP contribution in [0.2, 0.25) is 0 Å². The SMILES string of the molecule is CCCCC1CC1C(C)CCC(C)C(C)C. The van der Waals surface area contributed by atoms with Crippen molar-refractivity contribution in [3.05, 3.63) is 0 Å². The zero-order valence-corrected chi connectivity index (χ0v) is 12.1. The monoisotopic (exact) mass is 224 g/mol. The molecule has 96 valence electrons. The normalized spacial score (nSPS) is 28.1. The summed E-state index contributed by atoms with van der Waals surface area (Å²) in [6.07, 6.45) is 8.78. The van der Waals surface area contributed by atoms with E-state index in [1.54, 1.807) is 0 Å². The molecule has 1 saturated carbocycles. The van der Waals surface area contributed by atoms with Gasteiger partial charge in [-0.15, -0.1) is 0 Å². The molecule has 0 heteroatoms. The highest BCUT2D eigenvalue weighted by Gasteiger charge is 2.39. The Hall–Kier alpha value is 0. The molecule has 4 atom stereocenters. The highest BCUT2D eigenvalue weighted by molar-refractivity contribution is 4.89. The molecule has 0 radical (unpaired) electrons. The van der Waals surface area contributed by atoms with Crippen molar-refractivity contribution in [1.82, 2.24) is 0 Å². The molecule has 0 heterocycles. The van der Waals surface area contributed by atoms with Crippen LogP contribution >= 0.6 is 0 Å². The predicted molar refractivity (Wildman–Crippen MR) is 73.5 cm³/mol. The molecule has 0 aromatic heterocycles. The molecular weight excluding hydrogens is 192 g/mol. The molecule has 1 aliphatic carbocycles. The molecule has 1 fully saturated rings. The summed E-state index contributed by atoms with van der Waals surface area (Å²) in [4.78, 5) is 0. The standard InChI is InChI=1S/C16H32/c1-6-7-8-15-11-16(15)14(5)10-9-13(4)12(2)3/h12-16H,6-11H2,1-5H3. The van der Waals surface area contributed by atoms with E-state index in [-0.39, 0.29) is 0 Å². The molecule has 0 amide bonds. The van der Waals surface area contributed by atoms with Crippen LogP contribution in [0, 0.1) is 29.6 Å². The molecule has 0 spiro atoms. The van der Waals surface area contributed by atoms with Gasteiger partial charge in [-0.1, -0.05) is 66.7 Å². The van der Waals surface area contributed by atoms with E-state index in [2.05, 4.69) is 34.6 Å². The van der Waals surface area contributed by atoms with Gasteiger partial charge in [0.05, 0.1) is 0 Å². The van der Waals surface area contributed by atoms with Crippen LogP contribution in [-0.4, -0.2) is 0 Å². The molecule has 1 rings (SSSR count). The van der Waals surface area contributed by atoms with E-state index in [0.717, 1.165) is 29.6 Å². The first kappa shape index (κ1) is 14.1. The summed E-state index contributed by atoms with van der Waals surface area (Å²) < 4.78 is 0. The summed E-state index contributed by atoms with van der Waals surface area (Å²) in [6, 6.07) is 0. The van der Waals surface area contributed by atoms with Crippen molar-refractivity contribution in [1.29, 1.82) is 0 Å². The van der Waals surface area contributed by atoms with Gasteiger partial charge in [0, 0.05) is 0 Å². The fourth-order valence-electron chi connectivity index (χ4n) is 2.84. The smallest absolute Gasteiger partial charge is 0.0357 e. The maximum absolute atomic E-state index is 2.49. The zero-order chi connectivity index (χ0) is 12.1. The van der Waals surface area contributed by atoms with E-state index < -0.39 is 0 Å². The lowest BCUT2D eigenvalue weighted by Crippen LogP contribution is -2.08. The summed E-state index contributed by atoms with van der Waals surface area (Å²) in [7, 11) is 0. The third-order valence-corrected chi connectivity index (χ3v) is 4.85. The van der Waals surface area contributed by atoms with Gasteiger partial charge in [0.1, 0.15) is 0 Å². The minimum absolute atomic E-state index is 0.863. The second kappa shape index (κ2) is 6.67. The number of rotatable bonds is 8. The van der Waals surface area contributed by atoms with Gasteiger partial charge < -0.3 is 0 Å². The van der Waals surface area contributed by atoms with Gasteiger partial charge in [0.25, 0.3) is 0 Å². The van der Waals surface area contributed by atoms with Gasteiger partial charge in [-0.05, 0) is 36.0 Å². The van der Waals surface area contributed by atoms with Gasteiger partial charge in [-0.25, -0.2) is 0 Å². The van der Waals surface area contributed by atoms with Crippen molar-refractivity contribution in [2.24, 2.45) is 29.6 Å². The molecule has 0 bridgehead atoms. The number of unbranched alkanes of at least 4 members (excludes halogenated alkanes) is 1. The first-order chi connectivity index (χ1) is 7.56. The Labute approximate surface area is 103 Å². The van der Waals surface area contributed by atoms with E-state index in [0.29, 0.717) is 0 Å². The number of hydrogen-bond acceptors (Lipinski definition) is 0. The molecule has 4 unspecified atom stereocenters. The predicted octanol–water partition coefficient (Wildman–Crippen LogP) is 5.52. The summed E-state index contributed by atoms with van der Waals surface area (Å²) in [5, 5.41) is 0. The van der Waals surface area contributed by atoms with Crippen LogP contribution in [0.25, 0.3) is 0 Å². The summed E-state index contributed by atoms with van der Waals surface area (Å²) in [6.45, 7) is 11.9. The Kier molecular flexibility index (Phi) is 5.86. The maximum Gasteiger partial charge on any atom is -0.0357 e. The van der Waals surface area contributed by atoms with Crippen LogP contribution in [0.4, 0.5) is 0 Å². The Morgan fingerprint density at radius 1 is 1.06 bits per heavy atom. The average molecular weight is 224 g/mol. The maximum atomic E-state index is 2.49. The van der Waals surface area contributed by atoms with Crippen molar-refractivity contribution in [3.63, 3.8) is 0 Å². The van der Waals surface area contributed by atoms with Gasteiger partial charge in [-0.3, -0.25) is 0 Å². The van der Waals surface area contributed by atoms with Crippen molar-refractivity contribution in [2.45, 2.75) is 73.1 Å². The van der Waals surface area contributed by atoms with Gasteiger partial charge >= 0.3 is 0 Å². The van der Waals surface area contributed by atoms with Crippen LogP contribution < -0.4 is 0 Å².